The zero-order chi connectivity index (χ0) is 10.1. The van der Waals surface area contributed by atoms with Crippen molar-refractivity contribution in [2.24, 2.45) is 0 Å². The summed E-state index contributed by atoms with van der Waals surface area (Å²) in [5.74, 6) is 0.215. The number of anilines is 1. The molecule has 0 aliphatic rings. The van der Waals surface area contributed by atoms with E-state index in [0.29, 0.717) is 5.82 Å². The van der Waals surface area contributed by atoms with Crippen LogP contribution in [0, 0.1) is 0 Å². The molecule has 5 nitrogen and oxygen atoms in total. The van der Waals surface area contributed by atoms with Crippen molar-refractivity contribution in [2.75, 3.05) is 12.8 Å². The number of aromatic nitrogens is 2. The molecule has 0 aromatic carbocycles. The molecule has 0 spiro atoms. The van der Waals surface area contributed by atoms with Gasteiger partial charge in [0.25, 0.3) is 5.91 Å². The molecule has 0 radical (unpaired) electrons. The fourth-order valence-electron chi connectivity index (χ4n) is 0.844. The number of carbonyl (C=O) groups excluding carboxylic acids is 1. The molecular weight excluding hydrogens is 168 g/mol. The normalized spacial score (nSPS) is 11.6. The summed E-state index contributed by atoms with van der Waals surface area (Å²) in [4.78, 5) is 11.7. The number of likely N-dealkylation sites (N-methyl/N-ethyl adjacent to an activating group) is 1. The maximum atomic E-state index is 11.7. The van der Waals surface area contributed by atoms with Crippen molar-refractivity contribution in [3.8, 4) is 0 Å². The van der Waals surface area contributed by atoms with Crippen LogP contribution in [-0.2, 0) is 0 Å². The van der Waals surface area contributed by atoms with Gasteiger partial charge in [0, 0.05) is 12.3 Å². The average molecular weight is 182 g/mol. The predicted molar refractivity (Wildman–Crippen MR) is 50.4 cm³/mol. The Morgan fingerprint density at radius 3 is 2.69 bits per heavy atom. The van der Waals surface area contributed by atoms with Crippen LogP contribution in [-0.4, -0.2) is 28.3 Å². The van der Waals surface area contributed by atoms with Crippen LogP contribution in [0.1, 0.15) is 18.6 Å². The molecule has 0 saturated heterocycles. The fourth-order valence-corrected chi connectivity index (χ4v) is 0.844. The number of nitrogens with two attached hydrogens (primary N) is 1. The van der Waals surface area contributed by atoms with Crippen LogP contribution in [0.15, 0.2) is 12.3 Å². The third kappa shape index (κ3) is 1.86. The molecule has 0 amide bonds. The van der Waals surface area contributed by atoms with E-state index in [4.69, 9.17) is 5.73 Å². The van der Waals surface area contributed by atoms with E-state index in [1.165, 1.54) is 4.68 Å². The lowest BCUT2D eigenvalue weighted by Crippen LogP contribution is -2.47. The van der Waals surface area contributed by atoms with Crippen LogP contribution in [0.2, 0.25) is 0 Å². The number of hydrogen-bond acceptors (Lipinski definition) is 4. The van der Waals surface area contributed by atoms with E-state index >= 15 is 0 Å². The second kappa shape index (κ2) is 3.18. The maximum Gasteiger partial charge on any atom is 0.266 e. The number of carbonyl (C=O) groups is 1. The van der Waals surface area contributed by atoms with Gasteiger partial charge in [-0.25, -0.2) is 4.68 Å². The third-order valence-corrected chi connectivity index (χ3v) is 1.98. The van der Waals surface area contributed by atoms with E-state index in [2.05, 4.69) is 10.4 Å². The minimum absolute atomic E-state index is 0.133. The van der Waals surface area contributed by atoms with Crippen molar-refractivity contribution < 1.29 is 4.79 Å². The van der Waals surface area contributed by atoms with Gasteiger partial charge >= 0.3 is 0 Å². The van der Waals surface area contributed by atoms with E-state index < -0.39 is 5.54 Å². The highest BCUT2D eigenvalue weighted by Crippen LogP contribution is 2.06. The summed E-state index contributed by atoms with van der Waals surface area (Å²) in [6.07, 6.45) is 1.55. The highest BCUT2D eigenvalue weighted by atomic mass is 16.2. The van der Waals surface area contributed by atoms with Crippen LogP contribution in [0.4, 0.5) is 5.82 Å². The van der Waals surface area contributed by atoms with Crippen LogP contribution >= 0.6 is 0 Å². The Bertz CT molecular complexity index is 316. The molecule has 0 aliphatic heterocycles. The van der Waals surface area contributed by atoms with Crippen molar-refractivity contribution in [3.63, 3.8) is 0 Å². The quantitative estimate of drug-likeness (QED) is 0.680. The Morgan fingerprint density at radius 2 is 2.31 bits per heavy atom. The van der Waals surface area contributed by atoms with Gasteiger partial charge in [0.15, 0.2) is 0 Å². The molecule has 0 aliphatic carbocycles. The maximum absolute atomic E-state index is 11.7. The molecular formula is C8H14N4O. The van der Waals surface area contributed by atoms with Crippen molar-refractivity contribution in [2.45, 2.75) is 19.4 Å². The molecule has 0 bridgehead atoms. The molecule has 1 aromatic rings. The summed E-state index contributed by atoms with van der Waals surface area (Å²) < 4.78 is 1.24. The van der Waals surface area contributed by atoms with E-state index in [9.17, 15) is 4.79 Å². The van der Waals surface area contributed by atoms with Crippen LogP contribution < -0.4 is 11.1 Å². The second-order valence-corrected chi connectivity index (χ2v) is 3.37. The number of nitrogens with one attached hydrogen (secondary N) is 1. The van der Waals surface area contributed by atoms with Crippen molar-refractivity contribution in [3.05, 3.63) is 12.3 Å². The molecule has 0 fully saturated rings. The Balaban J connectivity index is 2.91. The fraction of sp³-hybridized carbons (Fsp3) is 0.500. The van der Waals surface area contributed by atoms with Crippen molar-refractivity contribution in [1.29, 1.82) is 0 Å². The lowest BCUT2D eigenvalue weighted by molar-refractivity contribution is 0.0784. The molecule has 5 heteroatoms. The number of rotatable bonds is 2. The van der Waals surface area contributed by atoms with E-state index in [1.54, 1.807) is 33.2 Å². The van der Waals surface area contributed by atoms with Crippen molar-refractivity contribution in [1.82, 2.24) is 15.1 Å². The zero-order valence-corrected chi connectivity index (χ0v) is 8.03. The largest absolute Gasteiger partial charge is 0.382 e. The molecule has 13 heavy (non-hydrogen) atoms. The van der Waals surface area contributed by atoms with Crippen molar-refractivity contribution >= 4 is 11.7 Å². The zero-order valence-electron chi connectivity index (χ0n) is 8.03. The van der Waals surface area contributed by atoms with Crippen LogP contribution in [0.25, 0.3) is 0 Å². The summed E-state index contributed by atoms with van der Waals surface area (Å²) in [5, 5.41) is 6.73. The first kappa shape index (κ1) is 9.73. The third-order valence-electron chi connectivity index (χ3n) is 1.98. The summed E-state index contributed by atoms with van der Waals surface area (Å²) in [6.45, 7) is 3.57. The van der Waals surface area contributed by atoms with E-state index in [1.807, 2.05) is 0 Å². The minimum Gasteiger partial charge on any atom is -0.382 e. The Hall–Kier alpha value is -1.36. The lowest BCUT2D eigenvalue weighted by atomic mass is 10.1. The van der Waals surface area contributed by atoms with Gasteiger partial charge in [0.1, 0.15) is 5.82 Å². The smallest absolute Gasteiger partial charge is 0.266 e. The van der Waals surface area contributed by atoms with Gasteiger partial charge in [0.2, 0.25) is 0 Å². The van der Waals surface area contributed by atoms with Gasteiger partial charge in [-0.3, -0.25) is 4.79 Å². The lowest BCUT2D eigenvalue weighted by Gasteiger charge is -2.21. The first-order valence-corrected chi connectivity index (χ1v) is 4.02. The highest BCUT2D eigenvalue weighted by molar-refractivity contribution is 5.87. The standard InChI is InChI=1S/C8H14N4O/c1-8(2,10-3)7(13)12-5-4-6(9)11-12/h4-5,10H,1-3H3,(H2,9,11). The Kier molecular flexibility index (Phi) is 2.38. The van der Waals surface area contributed by atoms with Gasteiger partial charge in [-0.1, -0.05) is 0 Å². The number of nitrogens with zero attached hydrogens (tertiary/aromatic N) is 2. The molecule has 1 heterocycles. The SMILES string of the molecule is CNC(C)(C)C(=O)n1ccc(N)n1. The van der Waals surface area contributed by atoms with Crippen LogP contribution in [0.5, 0.6) is 0 Å². The second-order valence-electron chi connectivity index (χ2n) is 3.37. The van der Waals surface area contributed by atoms with E-state index in [-0.39, 0.29) is 5.91 Å². The minimum atomic E-state index is -0.627. The molecule has 1 rings (SSSR count). The molecule has 1 aromatic heterocycles. The first-order valence-electron chi connectivity index (χ1n) is 4.02. The summed E-state index contributed by atoms with van der Waals surface area (Å²) in [6, 6.07) is 1.59. The monoisotopic (exact) mass is 182 g/mol. The highest BCUT2D eigenvalue weighted by Gasteiger charge is 2.27. The first-order chi connectivity index (χ1) is 5.97. The van der Waals surface area contributed by atoms with Gasteiger partial charge in [0.05, 0.1) is 5.54 Å². The Morgan fingerprint density at radius 1 is 1.69 bits per heavy atom. The summed E-state index contributed by atoms with van der Waals surface area (Å²) in [7, 11) is 1.73. The predicted octanol–water partition coefficient (Wildman–Crippen LogP) is 0.103. The van der Waals surface area contributed by atoms with Gasteiger partial charge in [-0.05, 0) is 20.9 Å². The van der Waals surface area contributed by atoms with Gasteiger partial charge in [-0.15, -0.1) is 5.10 Å². The summed E-state index contributed by atoms with van der Waals surface area (Å²) in [5.41, 5.74) is 4.77. The number of hydrogen-bond donors (Lipinski definition) is 2. The summed E-state index contributed by atoms with van der Waals surface area (Å²) >= 11 is 0. The molecule has 72 valence electrons. The average Bonchev–Trinajstić information content (AvgIpc) is 2.50. The van der Waals surface area contributed by atoms with Gasteiger partial charge < -0.3 is 11.1 Å². The molecule has 0 unspecified atom stereocenters. The topological polar surface area (TPSA) is 72.9 Å². The number of nitrogen functional groups attached to an aromatic ring is 1. The molecule has 0 atom stereocenters. The van der Waals surface area contributed by atoms with Gasteiger partial charge in [-0.2, -0.15) is 0 Å². The van der Waals surface area contributed by atoms with E-state index in [0.717, 1.165) is 0 Å². The van der Waals surface area contributed by atoms with Crippen LogP contribution in [0.3, 0.4) is 0 Å². The Labute approximate surface area is 76.9 Å². The molecule has 0 saturated carbocycles. The molecule has 3 N–H and O–H groups in total.